The van der Waals surface area contributed by atoms with E-state index in [0.29, 0.717) is 0 Å². The minimum Gasteiger partial charge on any atom is -0.384 e. The van der Waals surface area contributed by atoms with Crippen LogP contribution in [0.2, 0.25) is 0 Å². The lowest BCUT2D eigenvalue weighted by molar-refractivity contribution is 0.769. The second kappa shape index (κ2) is 3.42. The first-order valence-electron chi connectivity index (χ1n) is 5.07. The van der Waals surface area contributed by atoms with Gasteiger partial charge in [0.25, 0.3) is 0 Å². The summed E-state index contributed by atoms with van der Waals surface area (Å²) in [4.78, 5) is 0. The van der Waals surface area contributed by atoms with Gasteiger partial charge in [0.05, 0.1) is 0 Å². The molecule has 0 unspecified atom stereocenters. The van der Waals surface area contributed by atoms with Crippen molar-refractivity contribution in [1.29, 1.82) is 5.41 Å². The Hall–Kier alpha value is -1.77. The van der Waals surface area contributed by atoms with Gasteiger partial charge in [0.2, 0.25) is 0 Å². The SMILES string of the molecule is CCn1c(C)cc2ccc(C(=N)N)cc21. The number of nitrogens with zero attached hydrogens (tertiary/aromatic N) is 1. The fourth-order valence-electron chi connectivity index (χ4n) is 1.98. The molecule has 2 aromatic rings. The Kier molecular flexibility index (Phi) is 2.23. The maximum absolute atomic E-state index is 7.41. The molecule has 2 rings (SSSR count). The molecule has 3 N–H and O–H groups in total. The van der Waals surface area contributed by atoms with Crippen LogP contribution in [0.5, 0.6) is 0 Å². The second-order valence-electron chi connectivity index (χ2n) is 3.72. The molecule has 0 aliphatic carbocycles. The molecular formula is C12H15N3. The number of fused-ring (bicyclic) bond motifs is 1. The lowest BCUT2D eigenvalue weighted by atomic mass is 10.1. The number of hydrogen-bond acceptors (Lipinski definition) is 1. The summed E-state index contributed by atoms with van der Waals surface area (Å²) in [5, 5.41) is 8.62. The van der Waals surface area contributed by atoms with Gasteiger partial charge < -0.3 is 10.3 Å². The predicted molar refractivity (Wildman–Crippen MR) is 63.4 cm³/mol. The predicted octanol–water partition coefficient (Wildman–Crippen LogP) is 2.25. The third kappa shape index (κ3) is 1.50. The van der Waals surface area contributed by atoms with Gasteiger partial charge in [0.1, 0.15) is 5.84 Å². The minimum absolute atomic E-state index is 0.124. The molecule has 0 fully saturated rings. The third-order valence-electron chi connectivity index (χ3n) is 2.74. The van der Waals surface area contributed by atoms with Crippen LogP contribution in [-0.2, 0) is 6.54 Å². The number of aromatic nitrogens is 1. The zero-order valence-corrected chi connectivity index (χ0v) is 9.04. The highest BCUT2D eigenvalue weighted by Gasteiger charge is 2.05. The van der Waals surface area contributed by atoms with Crippen LogP contribution in [0.1, 0.15) is 18.2 Å². The Labute approximate surface area is 89.0 Å². The molecule has 78 valence electrons. The van der Waals surface area contributed by atoms with Gasteiger partial charge in [-0.2, -0.15) is 0 Å². The van der Waals surface area contributed by atoms with Crippen LogP contribution in [0.15, 0.2) is 24.3 Å². The van der Waals surface area contributed by atoms with Gasteiger partial charge in [0.15, 0.2) is 0 Å². The monoisotopic (exact) mass is 201 g/mol. The molecule has 0 saturated carbocycles. The smallest absolute Gasteiger partial charge is 0.122 e. The average molecular weight is 201 g/mol. The Morgan fingerprint density at radius 2 is 2.13 bits per heavy atom. The van der Waals surface area contributed by atoms with Crippen LogP contribution in [0.4, 0.5) is 0 Å². The fraction of sp³-hybridized carbons (Fsp3) is 0.250. The lowest BCUT2D eigenvalue weighted by Gasteiger charge is -2.05. The number of aryl methyl sites for hydroxylation is 2. The van der Waals surface area contributed by atoms with E-state index in [2.05, 4.69) is 24.5 Å². The first-order chi connectivity index (χ1) is 7.13. The molecular weight excluding hydrogens is 186 g/mol. The highest BCUT2D eigenvalue weighted by Crippen LogP contribution is 2.20. The van der Waals surface area contributed by atoms with Crippen molar-refractivity contribution < 1.29 is 0 Å². The Balaban J connectivity index is 2.73. The summed E-state index contributed by atoms with van der Waals surface area (Å²) in [6.45, 7) is 5.15. The highest BCUT2D eigenvalue weighted by atomic mass is 15.0. The first-order valence-corrected chi connectivity index (χ1v) is 5.07. The van der Waals surface area contributed by atoms with Crippen molar-refractivity contribution in [3.63, 3.8) is 0 Å². The molecule has 3 nitrogen and oxygen atoms in total. The van der Waals surface area contributed by atoms with Crippen molar-refractivity contribution in [2.75, 3.05) is 0 Å². The van der Waals surface area contributed by atoms with E-state index in [4.69, 9.17) is 11.1 Å². The van der Waals surface area contributed by atoms with Crippen LogP contribution in [0.25, 0.3) is 10.9 Å². The number of amidine groups is 1. The van der Waals surface area contributed by atoms with Crippen molar-refractivity contribution in [2.24, 2.45) is 5.73 Å². The fourth-order valence-corrected chi connectivity index (χ4v) is 1.98. The number of nitrogens with two attached hydrogens (primary N) is 1. The van der Waals surface area contributed by atoms with Crippen molar-refractivity contribution in [2.45, 2.75) is 20.4 Å². The highest BCUT2D eigenvalue weighted by molar-refractivity contribution is 5.98. The lowest BCUT2D eigenvalue weighted by Crippen LogP contribution is -2.10. The second-order valence-corrected chi connectivity index (χ2v) is 3.72. The van der Waals surface area contributed by atoms with E-state index < -0.39 is 0 Å². The molecule has 0 aliphatic rings. The Morgan fingerprint density at radius 1 is 1.40 bits per heavy atom. The summed E-state index contributed by atoms with van der Waals surface area (Å²) in [5.74, 6) is 0.124. The summed E-state index contributed by atoms with van der Waals surface area (Å²) in [6, 6.07) is 8.05. The largest absolute Gasteiger partial charge is 0.384 e. The molecule has 0 radical (unpaired) electrons. The number of hydrogen-bond donors (Lipinski definition) is 2. The third-order valence-corrected chi connectivity index (χ3v) is 2.74. The molecule has 0 spiro atoms. The van der Waals surface area contributed by atoms with E-state index in [0.717, 1.165) is 17.6 Å². The molecule has 0 saturated heterocycles. The zero-order valence-electron chi connectivity index (χ0n) is 9.04. The molecule has 1 aromatic heterocycles. The van der Waals surface area contributed by atoms with Gasteiger partial charge in [-0.1, -0.05) is 12.1 Å². The molecule has 0 bridgehead atoms. The van der Waals surface area contributed by atoms with Crippen molar-refractivity contribution >= 4 is 16.7 Å². The summed E-state index contributed by atoms with van der Waals surface area (Å²) >= 11 is 0. The van der Waals surface area contributed by atoms with Gasteiger partial charge >= 0.3 is 0 Å². The van der Waals surface area contributed by atoms with E-state index in [1.165, 1.54) is 11.1 Å². The molecule has 0 amide bonds. The van der Waals surface area contributed by atoms with Crippen LogP contribution in [0.3, 0.4) is 0 Å². The van der Waals surface area contributed by atoms with Crippen LogP contribution in [0, 0.1) is 12.3 Å². The molecule has 1 heterocycles. The van der Waals surface area contributed by atoms with Gasteiger partial charge in [-0.25, -0.2) is 0 Å². The van der Waals surface area contributed by atoms with Gasteiger partial charge in [-0.05, 0) is 31.4 Å². The molecule has 1 aromatic carbocycles. The maximum Gasteiger partial charge on any atom is 0.122 e. The average Bonchev–Trinajstić information content (AvgIpc) is 2.51. The Morgan fingerprint density at radius 3 is 2.73 bits per heavy atom. The van der Waals surface area contributed by atoms with Crippen molar-refractivity contribution in [1.82, 2.24) is 4.57 Å². The topological polar surface area (TPSA) is 54.8 Å². The normalized spacial score (nSPS) is 10.8. The minimum atomic E-state index is 0.124. The number of benzene rings is 1. The van der Waals surface area contributed by atoms with E-state index >= 15 is 0 Å². The van der Waals surface area contributed by atoms with E-state index in [1.807, 2.05) is 18.2 Å². The van der Waals surface area contributed by atoms with Crippen LogP contribution in [-0.4, -0.2) is 10.4 Å². The van der Waals surface area contributed by atoms with Crippen LogP contribution < -0.4 is 5.73 Å². The number of nitrogens with one attached hydrogen (secondary N) is 1. The van der Waals surface area contributed by atoms with Crippen molar-refractivity contribution in [3.05, 3.63) is 35.5 Å². The van der Waals surface area contributed by atoms with Gasteiger partial charge in [0, 0.05) is 23.3 Å². The van der Waals surface area contributed by atoms with Crippen LogP contribution >= 0.6 is 0 Å². The molecule has 3 heteroatoms. The quantitative estimate of drug-likeness (QED) is 0.568. The summed E-state index contributed by atoms with van der Waals surface area (Å²) in [5.41, 5.74) is 8.66. The summed E-state index contributed by atoms with van der Waals surface area (Å²) in [6.07, 6.45) is 0. The van der Waals surface area contributed by atoms with Gasteiger partial charge in [-0.15, -0.1) is 0 Å². The summed E-state index contributed by atoms with van der Waals surface area (Å²) in [7, 11) is 0. The standard InChI is InChI=1S/C12H15N3/c1-3-15-8(2)6-9-4-5-10(12(13)14)7-11(9)15/h4-7H,3H2,1-2H3,(H3,13,14). The number of rotatable bonds is 2. The van der Waals surface area contributed by atoms with E-state index in [9.17, 15) is 0 Å². The zero-order chi connectivity index (χ0) is 11.0. The molecule has 0 atom stereocenters. The molecule has 15 heavy (non-hydrogen) atoms. The molecule has 0 aliphatic heterocycles. The first kappa shape index (κ1) is 9.77. The summed E-state index contributed by atoms with van der Waals surface area (Å²) < 4.78 is 2.22. The maximum atomic E-state index is 7.41. The van der Waals surface area contributed by atoms with Crippen molar-refractivity contribution in [3.8, 4) is 0 Å². The van der Waals surface area contributed by atoms with E-state index in [-0.39, 0.29) is 5.84 Å². The van der Waals surface area contributed by atoms with E-state index in [1.54, 1.807) is 0 Å². The number of nitrogen functional groups attached to an aromatic ring is 1. The van der Waals surface area contributed by atoms with Gasteiger partial charge in [-0.3, -0.25) is 5.41 Å². The Bertz CT molecular complexity index is 523.